The zero-order valence-electron chi connectivity index (χ0n) is 14.1. The number of hydrogen-bond acceptors (Lipinski definition) is 6. The molecule has 7 nitrogen and oxygen atoms in total. The Hall–Kier alpha value is -3.09. The lowest BCUT2D eigenvalue weighted by Gasteiger charge is -2.12. The summed E-state index contributed by atoms with van der Waals surface area (Å²) >= 11 is 0. The van der Waals surface area contributed by atoms with Crippen LogP contribution in [0.1, 0.15) is 12.0 Å². The van der Waals surface area contributed by atoms with E-state index in [0.717, 1.165) is 17.1 Å². The first-order valence-electron chi connectivity index (χ1n) is 7.80. The molecule has 3 rings (SSSR count). The third kappa shape index (κ3) is 3.71. The van der Waals surface area contributed by atoms with Crippen molar-refractivity contribution in [2.75, 3.05) is 32.1 Å². The van der Waals surface area contributed by atoms with Crippen LogP contribution in [0.2, 0.25) is 0 Å². The molecule has 2 aromatic carbocycles. The maximum Gasteiger partial charge on any atom is 0.231 e. The van der Waals surface area contributed by atoms with Crippen LogP contribution in [0.25, 0.3) is 0 Å². The molecule has 0 saturated carbocycles. The van der Waals surface area contributed by atoms with Crippen molar-refractivity contribution in [2.45, 2.75) is 12.8 Å². The summed E-state index contributed by atoms with van der Waals surface area (Å²) in [6.45, 7) is 0.155. The Labute approximate surface area is 145 Å². The van der Waals surface area contributed by atoms with Crippen LogP contribution in [-0.2, 0) is 11.2 Å². The molecular weight excluding hydrogens is 324 g/mol. The number of fused-ring (bicyclic) bond motifs is 1. The summed E-state index contributed by atoms with van der Waals surface area (Å²) in [6, 6.07) is 8.81. The number of carbonyl (C=O) groups excluding carboxylic acids is 1. The quantitative estimate of drug-likeness (QED) is 0.783. The molecule has 0 unspecified atom stereocenters. The predicted octanol–water partition coefficient (Wildman–Crippen LogP) is 2.59. The van der Waals surface area contributed by atoms with Crippen molar-refractivity contribution in [3.05, 3.63) is 35.9 Å². The number of hydrogen-bond donors (Lipinski definition) is 2. The summed E-state index contributed by atoms with van der Waals surface area (Å²) in [6.07, 6.45) is 0.786. The van der Waals surface area contributed by atoms with Gasteiger partial charge in [0.05, 0.1) is 25.6 Å². The highest BCUT2D eigenvalue weighted by Gasteiger charge is 2.17. The molecule has 0 aliphatic carbocycles. The molecular formula is C18H20N2O5. The van der Waals surface area contributed by atoms with E-state index < -0.39 is 0 Å². The summed E-state index contributed by atoms with van der Waals surface area (Å²) in [5.41, 5.74) is 7.78. The Kier molecular flexibility index (Phi) is 4.83. The number of benzene rings is 2. The highest BCUT2D eigenvalue weighted by molar-refractivity contribution is 5.94. The van der Waals surface area contributed by atoms with Crippen LogP contribution < -0.4 is 30.0 Å². The SMILES string of the molecule is COc1ccc(OC)c(CCC(=O)Nc2cc3c(cc2N)OCO3)c1. The Morgan fingerprint density at radius 3 is 2.64 bits per heavy atom. The van der Waals surface area contributed by atoms with Crippen LogP contribution in [0.15, 0.2) is 30.3 Å². The number of nitrogen functional groups attached to an aromatic ring is 1. The number of nitrogens with one attached hydrogen (secondary N) is 1. The van der Waals surface area contributed by atoms with Crippen molar-refractivity contribution in [2.24, 2.45) is 0 Å². The van der Waals surface area contributed by atoms with E-state index in [4.69, 9.17) is 24.7 Å². The van der Waals surface area contributed by atoms with E-state index in [1.54, 1.807) is 26.4 Å². The zero-order chi connectivity index (χ0) is 17.8. The molecule has 1 heterocycles. The van der Waals surface area contributed by atoms with Gasteiger partial charge in [0.25, 0.3) is 0 Å². The topological polar surface area (TPSA) is 92.0 Å². The molecule has 0 atom stereocenters. The van der Waals surface area contributed by atoms with E-state index in [1.165, 1.54) is 0 Å². The highest BCUT2D eigenvalue weighted by atomic mass is 16.7. The third-order valence-electron chi connectivity index (χ3n) is 3.93. The molecule has 1 amide bonds. The molecule has 1 aliphatic rings. The van der Waals surface area contributed by atoms with Gasteiger partial charge in [-0.05, 0) is 30.2 Å². The van der Waals surface area contributed by atoms with E-state index in [-0.39, 0.29) is 19.1 Å². The standard InChI is InChI=1S/C18H20N2O5/c1-22-12-4-5-15(23-2)11(7-12)3-6-18(21)20-14-9-17-16(8-13(14)19)24-10-25-17/h4-5,7-9H,3,6,10,19H2,1-2H3,(H,20,21). The van der Waals surface area contributed by atoms with Gasteiger partial charge in [-0.15, -0.1) is 0 Å². The average Bonchev–Trinajstić information content (AvgIpc) is 3.07. The number of amides is 1. The number of nitrogens with two attached hydrogens (primary N) is 1. The Morgan fingerprint density at radius 2 is 1.92 bits per heavy atom. The van der Waals surface area contributed by atoms with Crippen molar-refractivity contribution >= 4 is 17.3 Å². The van der Waals surface area contributed by atoms with Gasteiger partial charge in [0, 0.05) is 18.6 Å². The third-order valence-corrected chi connectivity index (χ3v) is 3.93. The van der Waals surface area contributed by atoms with Gasteiger partial charge in [-0.25, -0.2) is 0 Å². The molecule has 0 fully saturated rings. The van der Waals surface area contributed by atoms with Gasteiger partial charge in [-0.1, -0.05) is 0 Å². The maximum absolute atomic E-state index is 12.3. The first kappa shape index (κ1) is 16.8. The molecule has 25 heavy (non-hydrogen) atoms. The summed E-state index contributed by atoms with van der Waals surface area (Å²) in [7, 11) is 3.19. The average molecular weight is 344 g/mol. The van der Waals surface area contributed by atoms with Gasteiger partial charge >= 0.3 is 0 Å². The van der Waals surface area contributed by atoms with Crippen molar-refractivity contribution in [1.82, 2.24) is 0 Å². The van der Waals surface area contributed by atoms with Crippen LogP contribution >= 0.6 is 0 Å². The van der Waals surface area contributed by atoms with Crippen molar-refractivity contribution < 1.29 is 23.7 Å². The van der Waals surface area contributed by atoms with E-state index in [9.17, 15) is 4.79 Å². The minimum Gasteiger partial charge on any atom is -0.497 e. The minimum atomic E-state index is -0.157. The molecule has 0 bridgehead atoms. The zero-order valence-corrected chi connectivity index (χ0v) is 14.1. The molecule has 0 aromatic heterocycles. The number of ether oxygens (including phenoxy) is 4. The van der Waals surface area contributed by atoms with Gasteiger partial charge < -0.3 is 30.0 Å². The van der Waals surface area contributed by atoms with Gasteiger partial charge in [-0.2, -0.15) is 0 Å². The molecule has 0 saturated heterocycles. The molecule has 7 heteroatoms. The molecule has 2 aromatic rings. The minimum absolute atomic E-state index is 0.155. The fraction of sp³-hybridized carbons (Fsp3) is 0.278. The normalized spacial score (nSPS) is 11.9. The molecule has 1 aliphatic heterocycles. The lowest BCUT2D eigenvalue weighted by atomic mass is 10.1. The first-order chi connectivity index (χ1) is 12.1. The van der Waals surface area contributed by atoms with Gasteiger partial charge in [0.1, 0.15) is 11.5 Å². The molecule has 0 radical (unpaired) electrons. The van der Waals surface area contributed by atoms with Gasteiger partial charge in [0.15, 0.2) is 11.5 Å². The summed E-state index contributed by atoms with van der Waals surface area (Å²) in [5.74, 6) is 2.43. The Morgan fingerprint density at radius 1 is 1.16 bits per heavy atom. The lowest BCUT2D eigenvalue weighted by Crippen LogP contribution is -2.14. The van der Waals surface area contributed by atoms with Crippen LogP contribution in [0, 0.1) is 0 Å². The van der Waals surface area contributed by atoms with E-state index in [1.807, 2.05) is 18.2 Å². The first-order valence-corrected chi connectivity index (χ1v) is 7.80. The van der Waals surface area contributed by atoms with Crippen molar-refractivity contribution in [3.8, 4) is 23.0 Å². The van der Waals surface area contributed by atoms with Crippen LogP contribution in [0.3, 0.4) is 0 Å². The number of methoxy groups -OCH3 is 2. The maximum atomic E-state index is 12.3. The number of rotatable bonds is 6. The monoisotopic (exact) mass is 344 g/mol. The van der Waals surface area contributed by atoms with Crippen LogP contribution in [0.4, 0.5) is 11.4 Å². The largest absolute Gasteiger partial charge is 0.497 e. The fourth-order valence-corrected chi connectivity index (χ4v) is 2.60. The summed E-state index contributed by atoms with van der Waals surface area (Å²) in [5, 5.41) is 2.80. The van der Waals surface area contributed by atoms with Crippen LogP contribution in [0.5, 0.6) is 23.0 Å². The van der Waals surface area contributed by atoms with Gasteiger partial charge in [-0.3, -0.25) is 4.79 Å². The van der Waals surface area contributed by atoms with E-state index in [0.29, 0.717) is 29.3 Å². The van der Waals surface area contributed by atoms with E-state index in [2.05, 4.69) is 5.32 Å². The lowest BCUT2D eigenvalue weighted by molar-refractivity contribution is -0.116. The number of anilines is 2. The molecule has 0 spiro atoms. The summed E-state index contributed by atoms with van der Waals surface area (Å²) < 4.78 is 21.1. The predicted molar refractivity (Wildman–Crippen MR) is 93.5 cm³/mol. The van der Waals surface area contributed by atoms with E-state index >= 15 is 0 Å². The Bertz CT molecular complexity index is 791. The smallest absolute Gasteiger partial charge is 0.231 e. The molecule has 3 N–H and O–H groups in total. The van der Waals surface area contributed by atoms with Gasteiger partial charge in [0.2, 0.25) is 12.7 Å². The fourth-order valence-electron chi connectivity index (χ4n) is 2.60. The highest BCUT2D eigenvalue weighted by Crippen LogP contribution is 2.38. The molecule has 132 valence electrons. The second-order valence-corrected chi connectivity index (χ2v) is 5.52. The number of carbonyl (C=O) groups is 1. The number of aryl methyl sites for hydroxylation is 1. The van der Waals surface area contributed by atoms with Crippen molar-refractivity contribution in [1.29, 1.82) is 0 Å². The van der Waals surface area contributed by atoms with Crippen LogP contribution in [-0.4, -0.2) is 26.9 Å². The second kappa shape index (κ2) is 7.21. The summed E-state index contributed by atoms with van der Waals surface area (Å²) in [4.78, 5) is 12.3. The Balaban J connectivity index is 1.66. The second-order valence-electron chi connectivity index (χ2n) is 5.52. The van der Waals surface area contributed by atoms with Crippen molar-refractivity contribution in [3.63, 3.8) is 0 Å².